The number of allylic oxidation sites excluding steroid dienone is 4. The van der Waals surface area contributed by atoms with E-state index in [-0.39, 0.29) is 29.9 Å². The van der Waals surface area contributed by atoms with Gasteiger partial charge in [0.25, 0.3) is 0 Å². The molecule has 4 unspecified atom stereocenters. The molecule has 0 saturated carbocycles. The van der Waals surface area contributed by atoms with Crippen molar-refractivity contribution in [3.63, 3.8) is 0 Å². The summed E-state index contributed by atoms with van der Waals surface area (Å²) in [7, 11) is 0. The molecule has 1 aliphatic rings. The van der Waals surface area contributed by atoms with E-state index in [1.807, 2.05) is 0 Å². The van der Waals surface area contributed by atoms with Gasteiger partial charge in [-0.05, 0) is 84.5 Å². The molecular weight excluding hydrogens is 610 g/mol. The van der Waals surface area contributed by atoms with E-state index in [1.165, 1.54) is 6.07 Å². The number of ether oxygens (including phenoxy) is 4. The van der Waals surface area contributed by atoms with Gasteiger partial charge in [0.1, 0.15) is 17.3 Å². The Kier molecular flexibility index (Phi) is 11.9. The van der Waals surface area contributed by atoms with Crippen LogP contribution in [-0.2, 0) is 11.2 Å². The van der Waals surface area contributed by atoms with Crippen molar-refractivity contribution in [3.05, 3.63) is 139 Å². The summed E-state index contributed by atoms with van der Waals surface area (Å²) in [6.45, 7) is 12.1. The van der Waals surface area contributed by atoms with Crippen molar-refractivity contribution in [3.8, 4) is 23.0 Å². The van der Waals surface area contributed by atoms with Crippen LogP contribution in [0, 0.1) is 0 Å². The maximum atomic E-state index is 15.2. The molecule has 0 radical (unpaired) electrons. The summed E-state index contributed by atoms with van der Waals surface area (Å²) in [4.78, 5) is 11.6. The van der Waals surface area contributed by atoms with Gasteiger partial charge in [0.15, 0.2) is 23.6 Å². The topological polar surface area (TPSA) is 115 Å². The highest BCUT2D eigenvalue weighted by Gasteiger charge is 2.28. The number of carbonyl (C=O) groups is 1. The van der Waals surface area contributed by atoms with Crippen molar-refractivity contribution in [1.29, 1.82) is 0 Å². The van der Waals surface area contributed by atoms with Gasteiger partial charge in [0, 0.05) is 24.0 Å². The minimum atomic E-state index is -1.34. The lowest BCUT2D eigenvalue weighted by molar-refractivity contribution is -0.129. The molecule has 0 heterocycles. The molecule has 0 fully saturated rings. The second-order valence-corrected chi connectivity index (χ2v) is 10.7. The van der Waals surface area contributed by atoms with E-state index in [2.05, 4.69) is 19.7 Å². The van der Waals surface area contributed by atoms with Gasteiger partial charge in [-0.1, -0.05) is 56.1 Å². The second kappa shape index (κ2) is 16.0. The number of esters is 1. The highest BCUT2D eigenvalue weighted by atomic mass is 19.2. The minimum absolute atomic E-state index is 0.0754. The lowest BCUT2D eigenvalue weighted by Gasteiger charge is -2.22. The summed E-state index contributed by atoms with van der Waals surface area (Å²) in [5.41, 5.74) is 2.27. The number of aliphatic hydroxyl groups excluding tert-OH is 3. The van der Waals surface area contributed by atoms with Gasteiger partial charge in [-0.3, -0.25) is 0 Å². The third-order valence-electron chi connectivity index (χ3n) is 7.21. The van der Waals surface area contributed by atoms with E-state index >= 15 is 8.78 Å². The number of rotatable bonds is 15. The molecule has 3 aromatic carbocycles. The first-order valence-electron chi connectivity index (χ1n) is 14.7. The zero-order valence-corrected chi connectivity index (χ0v) is 25.8. The Bertz CT molecular complexity index is 1660. The van der Waals surface area contributed by atoms with E-state index in [1.54, 1.807) is 73.7 Å². The fraction of sp³-hybridized carbons (Fsp3) is 0.216. The van der Waals surface area contributed by atoms with Crippen LogP contribution in [0.1, 0.15) is 42.4 Å². The van der Waals surface area contributed by atoms with Gasteiger partial charge >= 0.3 is 5.97 Å². The Labute approximate surface area is 271 Å². The van der Waals surface area contributed by atoms with E-state index in [0.29, 0.717) is 40.2 Å². The second-order valence-electron chi connectivity index (χ2n) is 10.7. The first-order chi connectivity index (χ1) is 22.5. The van der Waals surface area contributed by atoms with Crippen molar-refractivity contribution in [2.45, 2.75) is 51.0 Å². The van der Waals surface area contributed by atoms with E-state index in [9.17, 15) is 20.1 Å². The minimum Gasteiger partial charge on any atom is -0.465 e. The molecule has 0 saturated heterocycles. The molecule has 1 aliphatic carbocycles. The smallest absolute Gasteiger partial charge is 0.335 e. The number of hydrogen-bond acceptors (Lipinski definition) is 8. The average Bonchev–Trinajstić information content (AvgIpc) is 3.06. The summed E-state index contributed by atoms with van der Waals surface area (Å²) >= 11 is 0. The van der Waals surface area contributed by atoms with Gasteiger partial charge in [0.2, 0.25) is 12.6 Å². The molecule has 0 aromatic heterocycles. The molecule has 246 valence electrons. The normalized spacial score (nSPS) is 16.3. The summed E-state index contributed by atoms with van der Waals surface area (Å²) in [6, 6.07) is 17.4. The molecule has 3 N–H and O–H groups in total. The van der Waals surface area contributed by atoms with Crippen molar-refractivity contribution in [1.82, 2.24) is 0 Å². The Hall–Kier alpha value is -5.03. The maximum absolute atomic E-state index is 15.2. The maximum Gasteiger partial charge on any atom is 0.335 e. The molecule has 8 nitrogen and oxygen atoms in total. The summed E-state index contributed by atoms with van der Waals surface area (Å²) in [5, 5.41) is 30.1. The predicted molar refractivity (Wildman–Crippen MR) is 173 cm³/mol. The molecule has 10 heteroatoms. The largest absolute Gasteiger partial charge is 0.465 e. The summed E-state index contributed by atoms with van der Waals surface area (Å²) < 4.78 is 51.9. The number of benzene rings is 3. The van der Waals surface area contributed by atoms with Crippen LogP contribution in [0.25, 0.3) is 5.57 Å². The molecule has 47 heavy (non-hydrogen) atoms. The molecule has 4 atom stereocenters. The van der Waals surface area contributed by atoms with Gasteiger partial charge in [-0.25, -0.2) is 13.6 Å². The molecule has 0 spiro atoms. The fourth-order valence-corrected chi connectivity index (χ4v) is 4.68. The van der Waals surface area contributed by atoms with Crippen LogP contribution in [0.3, 0.4) is 0 Å². The van der Waals surface area contributed by atoms with Crippen LogP contribution < -0.4 is 18.9 Å². The Morgan fingerprint density at radius 2 is 1.60 bits per heavy atom. The van der Waals surface area contributed by atoms with Crippen molar-refractivity contribution in [2.24, 2.45) is 0 Å². The number of aliphatic hydroxyl groups is 3. The third kappa shape index (κ3) is 9.26. The SMILES string of the molecule is C=CC(=O)Oc1ccc(CCC(O)Oc2ccc(C3=CCC(c4ccc(OC(O)C(=C)C)cc4)C(F)=C3F)cc2)cc1OC(O)C=C. The number of aryl methyl sites for hydroxylation is 1. The average molecular weight is 647 g/mol. The van der Waals surface area contributed by atoms with Crippen LogP contribution >= 0.6 is 0 Å². The van der Waals surface area contributed by atoms with Crippen molar-refractivity contribution in [2.75, 3.05) is 0 Å². The molecule has 4 rings (SSSR count). The van der Waals surface area contributed by atoms with Gasteiger partial charge in [0.05, 0.1) is 0 Å². The molecule has 0 bridgehead atoms. The number of halogens is 2. The van der Waals surface area contributed by atoms with Crippen LogP contribution in [0.2, 0.25) is 0 Å². The fourth-order valence-electron chi connectivity index (χ4n) is 4.68. The lowest BCUT2D eigenvalue weighted by atomic mass is 9.86. The highest BCUT2D eigenvalue weighted by molar-refractivity contribution is 5.84. The number of hydrogen-bond donors (Lipinski definition) is 3. The van der Waals surface area contributed by atoms with E-state index in [4.69, 9.17) is 18.9 Å². The van der Waals surface area contributed by atoms with Gasteiger partial charge in [-0.15, -0.1) is 0 Å². The summed E-state index contributed by atoms with van der Waals surface area (Å²) in [6.07, 6.45) is 0.835. The summed E-state index contributed by atoms with van der Waals surface area (Å²) in [5.74, 6) is -2.47. The Morgan fingerprint density at radius 1 is 0.936 bits per heavy atom. The van der Waals surface area contributed by atoms with Crippen LogP contribution in [0.4, 0.5) is 8.78 Å². The van der Waals surface area contributed by atoms with E-state index in [0.717, 1.165) is 12.2 Å². The van der Waals surface area contributed by atoms with Crippen molar-refractivity contribution < 1.29 is 47.8 Å². The van der Waals surface area contributed by atoms with Gasteiger partial charge < -0.3 is 34.3 Å². The van der Waals surface area contributed by atoms with Crippen molar-refractivity contribution >= 4 is 11.5 Å². The molecule has 0 amide bonds. The first-order valence-corrected chi connectivity index (χ1v) is 14.7. The van der Waals surface area contributed by atoms with E-state index < -0.39 is 42.4 Å². The first kappa shape index (κ1) is 34.8. The van der Waals surface area contributed by atoms with Crippen LogP contribution in [-0.4, -0.2) is 40.2 Å². The monoisotopic (exact) mass is 646 g/mol. The standard InChI is InChI=1S/C37H36F2O8/c1-5-32(40)46-30-19-7-23(21-31(30)47-33(41)6-2)8-20-34(42)44-26-13-9-24(10-14-26)28-17-18-29(36(39)35(28)38)25-11-15-27(16-12-25)45-37(43)22(3)4/h5-7,9-17,19,21,29,33-34,37,41-43H,1-3,8,18,20H2,4H3. The third-order valence-corrected chi connectivity index (χ3v) is 7.21. The van der Waals surface area contributed by atoms with Crippen LogP contribution in [0.5, 0.6) is 23.0 Å². The Balaban J connectivity index is 1.35. The molecule has 0 aliphatic heterocycles. The predicted octanol–water partition coefficient (Wildman–Crippen LogP) is 6.99. The zero-order valence-electron chi connectivity index (χ0n) is 25.8. The molecule has 3 aromatic rings. The molecular formula is C37H36F2O8. The quantitative estimate of drug-likeness (QED) is 0.0533. The van der Waals surface area contributed by atoms with Gasteiger partial charge in [-0.2, -0.15) is 0 Å². The zero-order chi connectivity index (χ0) is 34.1. The van der Waals surface area contributed by atoms with Crippen LogP contribution in [0.15, 0.2) is 122 Å². The number of carbonyl (C=O) groups excluding carboxylic acids is 1. The lowest BCUT2D eigenvalue weighted by Crippen LogP contribution is -2.17. The highest BCUT2D eigenvalue weighted by Crippen LogP contribution is 2.42. The Morgan fingerprint density at radius 3 is 2.23 bits per heavy atom.